The second kappa shape index (κ2) is 4.44. The van der Waals surface area contributed by atoms with Crippen molar-refractivity contribution < 1.29 is 14.3 Å². The summed E-state index contributed by atoms with van der Waals surface area (Å²) in [4.78, 5) is 22.4. The van der Waals surface area contributed by atoms with Crippen molar-refractivity contribution in [3.63, 3.8) is 0 Å². The first-order chi connectivity index (χ1) is 7.22. The zero-order valence-electron chi connectivity index (χ0n) is 10.6. The van der Waals surface area contributed by atoms with E-state index in [9.17, 15) is 9.59 Å². The van der Waals surface area contributed by atoms with Gasteiger partial charge in [-0.2, -0.15) is 0 Å². The average Bonchev–Trinajstić information content (AvgIpc) is 2.78. The average molecular weight is 227 g/mol. The van der Waals surface area contributed by atoms with E-state index in [4.69, 9.17) is 4.74 Å². The van der Waals surface area contributed by atoms with Crippen LogP contribution in [0.5, 0.6) is 0 Å². The predicted octanol–water partition coefficient (Wildman–Crippen LogP) is 2.41. The standard InChI is InChI=1S/C12H21NO3/c1-9(14)5-6-12(7-8-12)13-10(15)16-11(2,3)4/h5-8H2,1-4H3,(H,13,15). The summed E-state index contributed by atoms with van der Waals surface area (Å²) in [5.74, 6) is 0.164. The fourth-order valence-corrected chi connectivity index (χ4v) is 1.52. The van der Waals surface area contributed by atoms with Crippen LogP contribution in [-0.4, -0.2) is 23.0 Å². The van der Waals surface area contributed by atoms with E-state index in [2.05, 4.69) is 5.32 Å². The van der Waals surface area contributed by atoms with E-state index in [1.165, 1.54) is 0 Å². The van der Waals surface area contributed by atoms with E-state index >= 15 is 0 Å². The number of hydrogen-bond donors (Lipinski definition) is 1. The third-order valence-electron chi connectivity index (χ3n) is 2.58. The lowest BCUT2D eigenvalue weighted by Gasteiger charge is -2.23. The molecule has 0 aromatic carbocycles. The van der Waals surface area contributed by atoms with E-state index in [0.29, 0.717) is 6.42 Å². The second-order valence-electron chi connectivity index (χ2n) is 5.61. The first-order valence-corrected chi connectivity index (χ1v) is 5.73. The van der Waals surface area contributed by atoms with Crippen molar-refractivity contribution in [1.29, 1.82) is 0 Å². The fraction of sp³-hybridized carbons (Fsp3) is 0.833. The van der Waals surface area contributed by atoms with Gasteiger partial charge < -0.3 is 14.8 Å². The maximum absolute atomic E-state index is 11.5. The molecule has 1 amide bonds. The lowest BCUT2D eigenvalue weighted by atomic mass is 10.1. The molecule has 1 aliphatic carbocycles. The molecular formula is C12H21NO3. The second-order valence-corrected chi connectivity index (χ2v) is 5.61. The molecule has 4 heteroatoms. The van der Waals surface area contributed by atoms with Gasteiger partial charge in [0.1, 0.15) is 11.4 Å². The molecule has 0 aromatic rings. The minimum atomic E-state index is -0.471. The molecule has 0 unspecified atom stereocenters. The number of carbonyl (C=O) groups excluding carboxylic acids is 2. The zero-order valence-corrected chi connectivity index (χ0v) is 10.6. The van der Waals surface area contributed by atoms with Gasteiger partial charge in [0.15, 0.2) is 0 Å². The molecular weight excluding hydrogens is 206 g/mol. The monoisotopic (exact) mass is 227 g/mol. The molecule has 1 fully saturated rings. The van der Waals surface area contributed by atoms with Gasteiger partial charge in [-0.25, -0.2) is 4.79 Å². The van der Waals surface area contributed by atoms with Crippen molar-refractivity contribution in [2.45, 2.75) is 64.5 Å². The Hall–Kier alpha value is -1.06. The van der Waals surface area contributed by atoms with Gasteiger partial charge in [-0.05, 0) is 47.0 Å². The normalized spacial score (nSPS) is 17.8. The summed E-state index contributed by atoms with van der Waals surface area (Å²) in [5.41, 5.74) is -0.644. The predicted molar refractivity (Wildman–Crippen MR) is 61.2 cm³/mol. The van der Waals surface area contributed by atoms with Crippen LogP contribution >= 0.6 is 0 Å². The smallest absolute Gasteiger partial charge is 0.408 e. The molecule has 0 heterocycles. The van der Waals surface area contributed by atoms with Crippen LogP contribution in [0.4, 0.5) is 4.79 Å². The molecule has 0 radical (unpaired) electrons. The van der Waals surface area contributed by atoms with Gasteiger partial charge in [0.25, 0.3) is 0 Å². The summed E-state index contributed by atoms with van der Waals surface area (Å²) in [6.45, 7) is 7.08. The van der Waals surface area contributed by atoms with Crippen LogP contribution in [0.1, 0.15) is 53.4 Å². The summed E-state index contributed by atoms with van der Waals surface area (Å²) < 4.78 is 5.19. The Morgan fingerprint density at radius 3 is 2.25 bits per heavy atom. The maximum atomic E-state index is 11.5. The molecule has 0 saturated heterocycles. The van der Waals surface area contributed by atoms with Gasteiger partial charge in [-0.15, -0.1) is 0 Å². The third-order valence-corrected chi connectivity index (χ3v) is 2.58. The Labute approximate surface area is 96.7 Å². The highest BCUT2D eigenvalue weighted by atomic mass is 16.6. The Kier molecular flexibility index (Phi) is 3.61. The zero-order chi connectivity index (χ0) is 12.4. The third kappa shape index (κ3) is 4.64. The summed E-state index contributed by atoms with van der Waals surface area (Å²) in [6.07, 6.45) is 2.75. The first kappa shape index (κ1) is 13.0. The van der Waals surface area contributed by atoms with Crippen molar-refractivity contribution in [2.24, 2.45) is 0 Å². The molecule has 1 saturated carbocycles. The summed E-state index contributed by atoms with van der Waals surface area (Å²) in [5, 5.41) is 2.87. The van der Waals surface area contributed by atoms with Crippen LogP contribution in [0.2, 0.25) is 0 Å². The van der Waals surface area contributed by atoms with E-state index in [0.717, 1.165) is 19.3 Å². The maximum Gasteiger partial charge on any atom is 0.408 e. The van der Waals surface area contributed by atoms with Crippen LogP contribution in [0.3, 0.4) is 0 Å². The molecule has 92 valence electrons. The van der Waals surface area contributed by atoms with E-state index < -0.39 is 5.60 Å². The molecule has 1 rings (SSSR count). The van der Waals surface area contributed by atoms with Crippen molar-refractivity contribution >= 4 is 11.9 Å². The molecule has 16 heavy (non-hydrogen) atoms. The number of amides is 1. The number of nitrogens with one attached hydrogen (secondary N) is 1. The SMILES string of the molecule is CC(=O)CCC1(NC(=O)OC(C)(C)C)CC1. The van der Waals surface area contributed by atoms with Crippen molar-refractivity contribution in [3.05, 3.63) is 0 Å². The van der Waals surface area contributed by atoms with Crippen molar-refractivity contribution in [3.8, 4) is 0 Å². The lowest BCUT2D eigenvalue weighted by molar-refractivity contribution is -0.117. The summed E-state index contributed by atoms with van der Waals surface area (Å²) >= 11 is 0. The van der Waals surface area contributed by atoms with Gasteiger partial charge in [0.05, 0.1) is 0 Å². The van der Waals surface area contributed by atoms with Crippen molar-refractivity contribution in [1.82, 2.24) is 5.32 Å². The number of hydrogen-bond acceptors (Lipinski definition) is 3. The van der Waals surface area contributed by atoms with Gasteiger partial charge in [-0.3, -0.25) is 0 Å². The number of ether oxygens (including phenoxy) is 1. The van der Waals surface area contributed by atoms with Crippen LogP contribution in [-0.2, 0) is 9.53 Å². The number of alkyl carbamates (subject to hydrolysis) is 1. The fourth-order valence-electron chi connectivity index (χ4n) is 1.52. The van der Waals surface area contributed by atoms with E-state index in [1.54, 1.807) is 6.92 Å². The van der Waals surface area contributed by atoms with Crippen LogP contribution < -0.4 is 5.32 Å². The molecule has 0 aromatic heterocycles. The van der Waals surface area contributed by atoms with Gasteiger partial charge in [-0.1, -0.05) is 0 Å². The highest BCUT2D eigenvalue weighted by Gasteiger charge is 2.44. The number of Topliss-reactive ketones (excluding diaryl/α,β-unsaturated/α-hetero) is 1. The highest BCUT2D eigenvalue weighted by Crippen LogP contribution is 2.39. The number of rotatable bonds is 4. The minimum absolute atomic E-state index is 0.164. The van der Waals surface area contributed by atoms with E-state index in [-0.39, 0.29) is 17.4 Å². The van der Waals surface area contributed by atoms with Gasteiger partial charge >= 0.3 is 6.09 Å². The quantitative estimate of drug-likeness (QED) is 0.802. The molecule has 4 nitrogen and oxygen atoms in total. The Morgan fingerprint density at radius 1 is 1.31 bits per heavy atom. The minimum Gasteiger partial charge on any atom is -0.444 e. The molecule has 0 bridgehead atoms. The Morgan fingerprint density at radius 2 is 1.88 bits per heavy atom. The number of ketones is 1. The highest BCUT2D eigenvalue weighted by molar-refractivity contribution is 5.76. The van der Waals surface area contributed by atoms with Gasteiger partial charge in [0.2, 0.25) is 0 Å². The van der Waals surface area contributed by atoms with Crippen molar-refractivity contribution in [2.75, 3.05) is 0 Å². The number of carbonyl (C=O) groups is 2. The van der Waals surface area contributed by atoms with Crippen LogP contribution in [0.15, 0.2) is 0 Å². The molecule has 1 N–H and O–H groups in total. The van der Waals surface area contributed by atoms with Crippen LogP contribution in [0, 0.1) is 0 Å². The van der Waals surface area contributed by atoms with Crippen LogP contribution in [0.25, 0.3) is 0 Å². The summed E-state index contributed by atoms with van der Waals surface area (Å²) in [6, 6.07) is 0. The molecule has 1 aliphatic rings. The largest absolute Gasteiger partial charge is 0.444 e. The van der Waals surface area contributed by atoms with E-state index in [1.807, 2.05) is 20.8 Å². The first-order valence-electron chi connectivity index (χ1n) is 5.73. The van der Waals surface area contributed by atoms with Gasteiger partial charge in [0, 0.05) is 12.0 Å². The lowest BCUT2D eigenvalue weighted by Crippen LogP contribution is -2.40. The molecule has 0 aliphatic heterocycles. The topological polar surface area (TPSA) is 55.4 Å². The molecule has 0 atom stereocenters. The Bertz CT molecular complexity index is 287. The summed E-state index contributed by atoms with van der Waals surface area (Å²) in [7, 11) is 0. The molecule has 0 spiro atoms. The Balaban J connectivity index is 2.36.